The van der Waals surface area contributed by atoms with E-state index in [1.807, 2.05) is 0 Å². The molecule has 1 aliphatic heterocycles. The van der Waals surface area contributed by atoms with Crippen molar-refractivity contribution in [3.8, 4) is 11.5 Å². The van der Waals surface area contributed by atoms with Gasteiger partial charge in [0, 0.05) is 20.0 Å². The number of phosphoric ester groups is 1. The molecule has 1 N–H and O–H groups in total. The molecular formula is C53H83Cl3NO12P. The number of amides is 1. The average Bonchev–Trinajstić information content (AvgIpc) is 3.33. The number of hydrogen-bond donors (Lipinski definition) is 1. The lowest BCUT2D eigenvalue weighted by atomic mass is 9.96. The van der Waals surface area contributed by atoms with E-state index in [2.05, 4.69) is 25.7 Å². The Morgan fingerprint density at radius 1 is 0.729 bits per heavy atom. The summed E-state index contributed by atoms with van der Waals surface area (Å²) in [5, 5.41) is 2.75. The Morgan fingerprint density at radius 3 is 1.74 bits per heavy atom. The molecule has 1 saturated heterocycles. The highest BCUT2D eigenvalue weighted by atomic mass is 35.6. The van der Waals surface area contributed by atoms with Crippen molar-refractivity contribution in [3.63, 3.8) is 0 Å². The van der Waals surface area contributed by atoms with Gasteiger partial charge in [-0.1, -0.05) is 207 Å². The van der Waals surface area contributed by atoms with Gasteiger partial charge in [0.1, 0.15) is 48.6 Å². The molecule has 3 rings (SSSR count). The van der Waals surface area contributed by atoms with Crippen LogP contribution in [0.25, 0.3) is 0 Å². The van der Waals surface area contributed by atoms with Gasteiger partial charge in [0.2, 0.25) is 3.79 Å². The third-order valence-electron chi connectivity index (χ3n) is 11.8. The smallest absolute Gasteiger partial charge is 0.462 e. The minimum Gasteiger partial charge on any atom is -0.462 e. The average molecular weight is 1060 g/mol. The van der Waals surface area contributed by atoms with E-state index in [4.69, 9.17) is 76.8 Å². The molecule has 0 aromatic heterocycles. The Labute approximate surface area is 434 Å². The van der Waals surface area contributed by atoms with Crippen LogP contribution in [0.2, 0.25) is 0 Å². The second-order valence-corrected chi connectivity index (χ2v) is 21.9. The number of alkyl halides is 3. The molecule has 1 aliphatic rings. The summed E-state index contributed by atoms with van der Waals surface area (Å²) >= 11 is 17.8. The van der Waals surface area contributed by atoms with E-state index in [1.165, 1.54) is 103 Å². The Kier molecular flexibility index (Phi) is 32.8. The van der Waals surface area contributed by atoms with Gasteiger partial charge in [0.25, 0.3) is 0 Å². The first-order valence-electron chi connectivity index (χ1n) is 25.9. The molecule has 0 aliphatic carbocycles. The van der Waals surface area contributed by atoms with E-state index < -0.39 is 61.1 Å². The van der Waals surface area contributed by atoms with Crippen LogP contribution in [0.5, 0.6) is 11.5 Å². The van der Waals surface area contributed by atoms with Crippen molar-refractivity contribution in [2.45, 2.75) is 202 Å². The molecule has 0 spiro atoms. The molecule has 70 heavy (non-hydrogen) atoms. The van der Waals surface area contributed by atoms with Crippen LogP contribution < -0.4 is 14.4 Å². The van der Waals surface area contributed by atoms with Gasteiger partial charge in [-0.2, -0.15) is 0 Å². The highest BCUT2D eigenvalue weighted by molar-refractivity contribution is 7.49. The molecule has 13 nitrogen and oxygen atoms in total. The molecule has 17 heteroatoms. The molecule has 1 amide bonds. The fraction of sp³-hybridized carbons (Fsp3) is 0.698. The van der Waals surface area contributed by atoms with Gasteiger partial charge in [0.05, 0.1) is 19.8 Å². The van der Waals surface area contributed by atoms with Crippen LogP contribution in [0.3, 0.4) is 0 Å². The Balaban J connectivity index is 1.88. The van der Waals surface area contributed by atoms with E-state index in [9.17, 15) is 9.59 Å². The van der Waals surface area contributed by atoms with Crippen molar-refractivity contribution in [3.05, 3.63) is 73.3 Å². The second kappa shape index (κ2) is 37.2. The molecule has 6 atom stereocenters. The summed E-state index contributed by atoms with van der Waals surface area (Å²) in [5.74, 6) is 0.159. The summed E-state index contributed by atoms with van der Waals surface area (Å²) in [6, 6.07) is 15.7. The van der Waals surface area contributed by atoms with E-state index in [0.29, 0.717) is 19.3 Å². The molecular weight excluding hydrogens is 980 g/mol. The first kappa shape index (κ1) is 61.7. The SMILES string of the molecule is C=CCO[C@H]1O[C@H](COC)[C@@H](OP(=O)(Oc2ccccc2)Oc2ccccc2)[C@H](OCC[C@@H](CCCCCCCCCCC)OC(=O)CCCCCCCCCCCCC)[C@H]1NC(=O)OCC(Cl)(Cl)Cl. The quantitative estimate of drug-likeness (QED) is 0.0223. The minimum atomic E-state index is -4.63. The highest BCUT2D eigenvalue weighted by Gasteiger charge is 2.53. The number of nitrogens with one attached hydrogen (secondary N) is 1. The number of carbonyl (C=O) groups excluding carboxylic acids is 2. The number of carbonyl (C=O) groups is 2. The Hall–Kier alpha value is -2.58. The maximum Gasteiger partial charge on any atom is 0.588 e. The fourth-order valence-corrected chi connectivity index (χ4v) is 9.80. The number of halogens is 3. The van der Waals surface area contributed by atoms with Crippen LogP contribution in [0.4, 0.5) is 4.79 Å². The van der Waals surface area contributed by atoms with Gasteiger partial charge in [-0.3, -0.25) is 9.32 Å². The zero-order valence-electron chi connectivity index (χ0n) is 42.1. The number of methoxy groups -OCH3 is 1. The molecule has 0 radical (unpaired) electrons. The van der Waals surface area contributed by atoms with Crippen LogP contribution in [0.15, 0.2) is 73.3 Å². The standard InChI is InChI=1S/C53H83Cl3NO12P/c1-5-8-10-12-14-16-17-19-21-23-31-37-47(58)65-43(32-26-22-20-18-15-13-11-9-6-2)38-40-62-50-48(57-52(59)64-42-53(54,55)56)51(63-39-7-3)66-46(41-61-4)49(50)69-70(60,67-44-33-27-24-28-34-44)68-45-35-29-25-30-36-45/h7,24-25,27-30,33-36,43,46,48-51H,3,5-6,8-23,26,31-32,37-42H2,1-2,4H3,(H,57,59)/t43-,46-,48-,49-,50-,51+/m1/s1. The van der Waals surface area contributed by atoms with Gasteiger partial charge in [-0.05, 0) is 43.5 Å². The van der Waals surface area contributed by atoms with E-state index >= 15 is 4.57 Å². The van der Waals surface area contributed by atoms with Crippen molar-refractivity contribution >= 4 is 54.7 Å². The molecule has 0 bridgehead atoms. The lowest BCUT2D eigenvalue weighted by molar-refractivity contribution is -0.272. The fourth-order valence-electron chi connectivity index (χ4n) is 8.20. The van der Waals surface area contributed by atoms with Gasteiger partial charge >= 0.3 is 19.9 Å². The van der Waals surface area contributed by atoms with Crippen LogP contribution in [-0.4, -0.2) is 86.1 Å². The molecule has 0 saturated carbocycles. The summed E-state index contributed by atoms with van der Waals surface area (Å²) in [4.78, 5) is 26.9. The largest absolute Gasteiger partial charge is 0.588 e. The molecule has 1 heterocycles. The predicted octanol–water partition coefficient (Wildman–Crippen LogP) is 15.0. The normalized spacial score (nSPS) is 18.7. The Bertz CT molecular complexity index is 1670. The summed E-state index contributed by atoms with van der Waals surface area (Å²) in [7, 11) is -3.17. The zero-order chi connectivity index (χ0) is 50.7. The third kappa shape index (κ3) is 27.5. The monoisotopic (exact) mass is 1060 g/mol. The highest BCUT2D eigenvalue weighted by Crippen LogP contribution is 2.52. The van der Waals surface area contributed by atoms with Crippen molar-refractivity contribution in [1.29, 1.82) is 0 Å². The summed E-state index contributed by atoms with van der Waals surface area (Å²) in [5.41, 5.74) is 0. The summed E-state index contributed by atoms with van der Waals surface area (Å²) in [6.07, 6.45) is 20.0. The number of esters is 1. The number of para-hydroxylation sites is 2. The lowest BCUT2D eigenvalue weighted by Gasteiger charge is -2.46. The van der Waals surface area contributed by atoms with Gasteiger partial charge in [-0.25, -0.2) is 9.36 Å². The van der Waals surface area contributed by atoms with Gasteiger partial charge in [-0.15, -0.1) is 6.58 Å². The van der Waals surface area contributed by atoms with Crippen LogP contribution in [0.1, 0.15) is 162 Å². The van der Waals surface area contributed by atoms with E-state index in [0.717, 1.165) is 38.5 Å². The van der Waals surface area contributed by atoms with Gasteiger partial charge in [0.15, 0.2) is 6.29 Å². The molecule has 398 valence electrons. The minimum absolute atomic E-state index is 0.00656. The molecule has 2 aromatic carbocycles. The van der Waals surface area contributed by atoms with Crippen LogP contribution in [0, 0.1) is 0 Å². The van der Waals surface area contributed by atoms with Crippen molar-refractivity contribution in [2.75, 3.05) is 33.5 Å². The summed E-state index contributed by atoms with van der Waals surface area (Å²) in [6.45, 7) is 7.57. The van der Waals surface area contributed by atoms with E-state index in [-0.39, 0.29) is 37.3 Å². The van der Waals surface area contributed by atoms with Crippen molar-refractivity contribution in [2.24, 2.45) is 0 Å². The number of unbranched alkanes of at least 4 members (excludes halogenated alkanes) is 18. The number of ether oxygens (including phenoxy) is 6. The number of rotatable bonds is 40. The topological polar surface area (TPSA) is 146 Å². The number of alkyl carbamates (subject to hydrolysis) is 1. The summed E-state index contributed by atoms with van der Waals surface area (Å²) < 4.78 is 67.9. The zero-order valence-corrected chi connectivity index (χ0v) is 45.3. The molecule has 2 aromatic rings. The molecule has 1 fully saturated rings. The Morgan fingerprint density at radius 2 is 1.24 bits per heavy atom. The third-order valence-corrected chi connectivity index (χ3v) is 13.5. The number of phosphoric acid groups is 1. The van der Waals surface area contributed by atoms with Crippen LogP contribution in [-0.2, 0) is 42.3 Å². The van der Waals surface area contributed by atoms with Crippen molar-refractivity contribution < 1.29 is 56.1 Å². The van der Waals surface area contributed by atoms with Gasteiger partial charge < -0.3 is 42.8 Å². The predicted molar refractivity (Wildman–Crippen MR) is 279 cm³/mol. The number of hydrogen-bond acceptors (Lipinski definition) is 12. The maximum absolute atomic E-state index is 15.0. The first-order valence-corrected chi connectivity index (χ1v) is 28.4. The van der Waals surface area contributed by atoms with E-state index in [1.54, 1.807) is 60.7 Å². The number of benzene rings is 2. The molecule has 0 unspecified atom stereocenters. The van der Waals surface area contributed by atoms with Crippen LogP contribution >= 0.6 is 42.6 Å². The first-order chi connectivity index (χ1) is 33.9. The lowest BCUT2D eigenvalue weighted by Crippen LogP contribution is -2.66. The second-order valence-electron chi connectivity index (χ2n) is 17.9. The van der Waals surface area contributed by atoms with Crippen molar-refractivity contribution in [1.82, 2.24) is 5.32 Å². The maximum atomic E-state index is 15.0.